The average molecular weight is 363 g/mol. The highest BCUT2D eigenvalue weighted by molar-refractivity contribution is 9.10. The number of aromatic carboxylic acids is 1. The first-order valence-electron chi connectivity index (χ1n) is 6.11. The molecule has 0 saturated heterocycles. The third-order valence-electron chi connectivity index (χ3n) is 2.86. The van der Waals surface area contributed by atoms with Gasteiger partial charge in [0.15, 0.2) is 0 Å². The maximum absolute atomic E-state index is 12.1. The Bertz CT molecular complexity index is 774. The van der Waals surface area contributed by atoms with Gasteiger partial charge in [0.05, 0.1) is 11.3 Å². The Morgan fingerprint density at radius 2 is 1.77 bits per heavy atom. The second-order valence-electron chi connectivity index (χ2n) is 4.34. The van der Waals surface area contributed by atoms with Gasteiger partial charge in [-0.2, -0.15) is 0 Å². The lowest BCUT2D eigenvalue weighted by Gasteiger charge is -2.10. The van der Waals surface area contributed by atoms with Crippen LogP contribution in [0.25, 0.3) is 0 Å². The van der Waals surface area contributed by atoms with Crippen molar-refractivity contribution in [3.05, 3.63) is 58.1 Å². The van der Waals surface area contributed by atoms with Crippen LogP contribution in [0.1, 0.15) is 15.9 Å². The van der Waals surface area contributed by atoms with E-state index in [4.69, 9.17) is 10.5 Å². The van der Waals surface area contributed by atoms with E-state index in [1.165, 1.54) is 24.3 Å². The first kappa shape index (κ1) is 15.7. The number of hydrogen-bond donors (Lipinski definition) is 4. The van der Waals surface area contributed by atoms with Crippen LogP contribution in [0, 0.1) is 5.41 Å². The highest BCUT2D eigenvalue weighted by atomic mass is 79.9. The van der Waals surface area contributed by atoms with Crippen molar-refractivity contribution in [2.45, 2.75) is 0 Å². The summed E-state index contributed by atoms with van der Waals surface area (Å²) in [5.74, 6) is -2.21. The minimum atomic E-state index is -1.20. The molecule has 0 aliphatic heterocycles. The van der Waals surface area contributed by atoms with Crippen LogP contribution < -0.4 is 5.32 Å². The van der Waals surface area contributed by atoms with Crippen LogP contribution in [0.3, 0.4) is 0 Å². The molecule has 0 unspecified atom stereocenters. The molecule has 0 aliphatic carbocycles. The Morgan fingerprint density at radius 1 is 1.09 bits per heavy atom. The number of phenolic OH excluding ortho intramolecular Hbond substituents is 1. The number of benzene rings is 2. The molecule has 2 aromatic carbocycles. The maximum atomic E-state index is 12.1. The zero-order chi connectivity index (χ0) is 16.3. The van der Waals surface area contributed by atoms with Gasteiger partial charge in [0.25, 0.3) is 5.91 Å². The minimum Gasteiger partial charge on any atom is -0.507 e. The number of carboxylic acids is 1. The second kappa shape index (κ2) is 6.40. The van der Waals surface area contributed by atoms with E-state index in [-0.39, 0.29) is 22.6 Å². The van der Waals surface area contributed by atoms with Gasteiger partial charge in [-0.15, -0.1) is 0 Å². The Kier molecular flexibility index (Phi) is 4.57. The summed E-state index contributed by atoms with van der Waals surface area (Å²) < 4.78 is 0.554. The van der Waals surface area contributed by atoms with Gasteiger partial charge >= 0.3 is 5.97 Å². The van der Waals surface area contributed by atoms with Crippen LogP contribution in [-0.4, -0.2) is 27.8 Å². The molecule has 6 nitrogen and oxygen atoms in total. The summed E-state index contributed by atoms with van der Waals surface area (Å²) in [4.78, 5) is 23.3. The van der Waals surface area contributed by atoms with Gasteiger partial charge < -0.3 is 15.5 Å². The molecule has 0 bridgehead atoms. The number of anilines is 1. The van der Waals surface area contributed by atoms with Gasteiger partial charge in [0.2, 0.25) is 0 Å². The lowest BCUT2D eigenvalue weighted by atomic mass is 10.1. The van der Waals surface area contributed by atoms with Crippen LogP contribution in [-0.2, 0) is 4.79 Å². The number of hydrogen-bond acceptors (Lipinski definition) is 4. The largest absolute Gasteiger partial charge is 0.507 e. The van der Waals surface area contributed by atoms with Crippen molar-refractivity contribution in [1.29, 1.82) is 5.41 Å². The molecule has 112 valence electrons. The average Bonchev–Trinajstić information content (AvgIpc) is 2.48. The van der Waals surface area contributed by atoms with E-state index in [0.29, 0.717) is 4.47 Å². The van der Waals surface area contributed by atoms with Gasteiger partial charge in [-0.25, -0.2) is 4.79 Å². The first-order chi connectivity index (χ1) is 10.4. The summed E-state index contributed by atoms with van der Waals surface area (Å²) in [7, 11) is 0. The molecule has 0 saturated carbocycles. The fourth-order valence-corrected chi connectivity index (χ4v) is 2.16. The molecule has 0 aliphatic rings. The number of carboxylic acid groups (broad SMARTS) is 1. The SMILES string of the molecule is N=C(C(=O)Nc1ccc(Br)cc1C(=O)O)c1ccccc1O. The summed E-state index contributed by atoms with van der Waals surface area (Å²) in [6.45, 7) is 0. The number of para-hydroxylation sites is 1. The van der Waals surface area contributed by atoms with Crippen molar-refractivity contribution in [2.24, 2.45) is 0 Å². The van der Waals surface area contributed by atoms with Crippen molar-refractivity contribution >= 4 is 39.2 Å². The predicted molar refractivity (Wildman–Crippen MR) is 84.7 cm³/mol. The smallest absolute Gasteiger partial charge is 0.337 e. The number of halogens is 1. The monoisotopic (exact) mass is 362 g/mol. The molecule has 4 N–H and O–H groups in total. The Hall–Kier alpha value is -2.67. The van der Waals surface area contributed by atoms with Crippen LogP contribution in [0.4, 0.5) is 5.69 Å². The van der Waals surface area contributed by atoms with Gasteiger partial charge in [-0.3, -0.25) is 10.2 Å². The molecule has 0 fully saturated rings. The predicted octanol–water partition coefficient (Wildman–Crippen LogP) is 2.86. The summed E-state index contributed by atoms with van der Waals surface area (Å²) in [6, 6.07) is 10.3. The lowest BCUT2D eigenvalue weighted by Crippen LogP contribution is -2.24. The van der Waals surface area contributed by atoms with Crippen molar-refractivity contribution in [2.75, 3.05) is 5.32 Å². The molecule has 22 heavy (non-hydrogen) atoms. The minimum absolute atomic E-state index is 0.0639. The first-order valence-corrected chi connectivity index (χ1v) is 6.90. The normalized spacial score (nSPS) is 10.0. The standard InChI is InChI=1S/C15H11BrN2O4/c16-8-5-6-11(10(7-8)15(21)22)18-14(20)13(17)9-3-1-2-4-12(9)19/h1-7,17,19H,(H,18,20)(H,21,22). The quantitative estimate of drug-likeness (QED) is 0.626. The Labute approximate surface area is 134 Å². The molecule has 0 spiro atoms. The van der Waals surface area contributed by atoms with Crippen LogP contribution >= 0.6 is 15.9 Å². The molecule has 0 aromatic heterocycles. The van der Waals surface area contributed by atoms with Crippen molar-refractivity contribution in [3.8, 4) is 5.75 Å². The molecule has 1 amide bonds. The van der Waals surface area contributed by atoms with Crippen LogP contribution in [0.2, 0.25) is 0 Å². The van der Waals surface area contributed by atoms with E-state index < -0.39 is 17.6 Å². The Balaban J connectivity index is 2.28. The fraction of sp³-hybridized carbons (Fsp3) is 0. The van der Waals surface area contributed by atoms with Gasteiger partial charge in [0, 0.05) is 10.0 Å². The molecular formula is C15H11BrN2O4. The lowest BCUT2D eigenvalue weighted by molar-refractivity contribution is -0.110. The van der Waals surface area contributed by atoms with Gasteiger partial charge in [-0.05, 0) is 30.3 Å². The second-order valence-corrected chi connectivity index (χ2v) is 5.26. The number of aromatic hydroxyl groups is 1. The summed E-state index contributed by atoms with van der Waals surface area (Å²) in [5.41, 5.74) is -0.431. The van der Waals surface area contributed by atoms with Crippen molar-refractivity contribution in [1.82, 2.24) is 0 Å². The van der Waals surface area contributed by atoms with E-state index >= 15 is 0 Å². The topological polar surface area (TPSA) is 110 Å². The number of carbonyl (C=O) groups excluding carboxylic acids is 1. The molecule has 2 rings (SSSR count). The molecule has 0 atom stereocenters. The van der Waals surface area contributed by atoms with E-state index in [1.807, 2.05) is 0 Å². The number of amides is 1. The highest BCUT2D eigenvalue weighted by Gasteiger charge is 2.18. The van der Waals surface area contributed by atoms with Crippen LogP contribution in [0.15, 0.2) is 46.9 Å². The van der Waals surface area contributed by atoms with E-state index in [0.717, 1.165) is 0 Å². The van der Waals surface area contributed by atoms with Gasteiger partial charge in [0.1, 0.15) is 11.5 Å². The number of rotatable bonds is 4. The highest BCUT2D eigenvalue weighted by Crippen LogP contribution is 2.22. The zero-order valence-corrected chi connectivity index (χ0v) is 12.7. The molecule has 2 aromatic rings. The summed E-state index contributed by atoms with van der Waals surface area (Å²) in [6.07, 6.45) is 0. The maximum Gasteiger partial charge on any atom is 0.337 e. The van der Waals surface area contributed by atoms with E-state index in [1.54, 1.807) is 18.2 Å². The van der Waals surface area contributed by atoms with Crippen molar-refractivity contribution in [3.63, 3.8) is 0 Å². The molecular weight excluding hydrogens is 352 g/mol. The zero-order valence-electron chi connectivity index (χ0n) is 11.1. The van der Waals surface area contributed by atoms with Gasteiger partial charge in [-0.1, -0.05) is 28.1 Å². The summed E-state index contributed by atoms with van der Waals surface area (Å²) >= 11 is 3.15. The summed E-state index contributed by atoms with van der Waals surface area (Å²) in [5, 5.41) is 29.0. The van der Waals surface area contributed by atoms with E-state index in [2.05, 4.69) is 21.2 Å². The third kappa shape index (κ3) is 3.32. The number of phenols is 1. The number of nitrogens with one attached hydrogen (secondary N) is 2. The molecule has 0 radical (unpaired) electrons. The fourth-order valence-electron chi connectivity index (χ4n) is 1.79. The van der Waals surface area contributed by atoms with Crippen molar-refractivity contribution < 1.29 is 19.8 Å². The Morgan fingerprint density at radius 3 is 2.41 bits per heavy atom. The molecule has 0 heterocycles. The number of carbonyl (C=O) groups is 2. The third-order valence-corrected chi connectivity index (χ3v) is 3.35. The van der Waals surface area contributed by atoms with Crippen LogP contribution in [0.5, 0.6) is 5.75 Å². The van der Waals surface area contributed by atoms with E-state index in [9.17, 15) is 14.7 Å². The molecule has 7 heteroatoms.